The van der Waals surface area contributed by atoms with Crippen LogP contribution in [0, 0.1) is 6.92 Å². The third-order valence-electron chi connectivity index (χ3n) is 4.39. The lowest BCUT2D eigenvalue weighted by Gasteiger charge is -2.27. The zero-order valence-electron chi connectivity index (χ0n) is 14.2. The van der Waals surface area contributed by atoms with Crippen LogP contribution in [0.3, 0.4) is 0 Å². The van der Waals surface area contributed by atoms with Crippen LogP contribution < -0.4 is 10.2 Å². The number of nitrogens with zero attached hydrogens (tertiary/aromatic N) is 4. The molecule has 24 heavy (non-hydrogen) atoms. The summed E-state index contributed by atoms with van der Waals surface area (Å²) in [4.78, 5) is 37.0. The summed E-state index contributed by atoms with van der Waals surface area (Å²) in [6.45, 7) is 5.37. The number of anilines is 1. The fraction of sp³-hybridized carbons (Fsp3) is 0.625. The number of ether oxygens (including phenoxy) is 1. The van der Waals surface area contributed by atoms with Crippen molar-refractivity contribution in [3.8, 4) is 0 Å². The number of fused-ring (bicyclic) bond motifs is 1. The first-order valence-electron chi connectivity index (χ1n) is 8.27. The summed E-state index contributed by atoms with van der Waals surface area (Å²) in [5.41, 5.74) is 1.40. The number of carbonyl (C=O) groups excluding carboxylic acids is 2. The fourth-order valence-electron chi connectivity index (χ4n) is 3.24. The molecule has 1 N–H and O–H groups in total. The van der Waals surface area contributed by atoms with Gasteiger partial charge in [0.15, 0.2) is 0 Å². The van der Waals surface area contributed by atoms with Crippen molar-refractivity contribution in [3.63, 3.8) is 0 Å². The Morgan fingerprint density at radius 3 is 2.88 bits per heavy atom. The van der Waals surface area contributed by atoms with Crippen molar-refractivity contribution in [1.29, 1.82) is 0 Å². The SMILES string of the molecule is COCC(=O)N1CCCN(c2nc(C)nc3c2CCNC3=O)CC1. The number of aryl methyl sites for hydroxylation is 1. The van der Waals surface area contributed by atoms with Gasteiger partial charge in [0.1, 0.15) is 23.9 Å². The highest BCUT2D eigenvalue weighted by molar-refractivity contribution is 5.96. The van der Waals surface area contributed by atoms with E-state index in [0.717, 1.165) is 30.8 Å². The number of hydrogen-bond donors (Lipinski definition) is 1. The molecule has 3 rings (SSSR count). The molecular formula is C16H23N5O3. The molecule has 3 heterocycles. The number of amides is 2. The molecule has 8 heteroatoms. The summed E-state index contributed by atoms with van der Waals surface area (Å²) < 4.78 is 4.94. The van der Waals surface area contributed by atoms with Crippen LogP contribution in [0.1, 0.15) is 28.3 Å². The Labute approximate surface area is 141 Å². The predicted molar refractivity (Wildman–Crippen MR) is 88.1 cm³/mol. The highest BCUT2D eigenvalue weighted by atomic mass is 16.5. The molecule has 0 spiro atoms. The summed E-state index contributed by atoms with van der Waals surface area (Å²) in [5.74, 6) is 1.32. The van der Waals surface area contributed by atoms with Crippen LogP contribution in [0.25, 0.3) is 0 Å². The van der Waals surface area contributed by atoms with Crippen molar-refractivity contribution in [2.75, 3.05) is 51.3 Å². The zero-order valence-corrected chi connectivity index (χ0v) is 14.2. The van der Waals surface area contributed by atoms with Gasteiger partial charge in [-0.1, -0.05) is 0 Å². The van der Waals surface area contributed by atoms with E-state index in [-0.39, 0.29) is 18.4 Å². The smallest absolute Gasteiger partial charge is 0.270 e. The van der Waals surface area contributed by atoms with Gasteiger partial charge in [-0.2, -0.15) is 0 Å². The van der Waals surface area contributed by atoms with Gasteiger partial charge >= 0.3 is 0 Å². The van der Waals surface area contributed by atoms with Gasteiger partial charge in [0, 0.05) is 45.4 Å². The molecule has 1 aromatic rings. The van der Waals surface area contributed by atoms with E-state index in [4.69, 9.17) is 4.74 Å². The summed E-state index contributed by atoms with van der Waals surface area (Å²) in [5, 5.41) is 2.83. The molecule has 0 atom stereocenters. The Morgan fingerprint density at radius 2 is 2.08 bits per heavy atom. The Kier molecular flexibility index (Phi) is 4.94. The normalized spacial score (nSPS) is 18.0. The van der Waals surface area contributed by atoms with Crippen molar-refractivity contribution in [1.82, 2.24) is 20.2 Å². The highest BCUT2D eigenvalue weighted by Crippen LogP contribution is 2.25. The van der Waals surface area contributed by atoms with Crippen molar-refractivity contribution in [2.24, 2.45) is 0 Å². The quantitative estimate of drug-likeness (QED) is 0.821. The fourth-order valence-corrected chi connectivity index (χ4v) is 3.24. The minimum Gasteiger partial charge on any atom is -0.375 e. The maximum absolute atomic E-state index is 12.1. The monoisotopic (exact) mass is 333 g/mol. The summed E-state index contributed by atoms with van der Waals surface area (Å²) in [6, 6.07) is 0. The van der Waals surface area contributed by atoms with Crippen LogP contribution in [-0.4, -0.2) is 73.1 Å². The molecule has 2 aliphatic heterocycles. The molecule has 0 radical (unpaired) electrons. The first-order chi connectivity index (χ1) is 11.6. The molecule has 0 unspecified atom stereocenters. The average Bonchev–Trinajstić information content (AvgIpc) is 2.81. The second-order valence-corrected chi connectivity index (χ2v) is 6.08. The standard InChI is InChI=1S/C16H23N5O3/c1-11-18-14-12(4-5-17-16(14)23)15(19-11)21-7-3-6-20(8-9-21)13(22)10-24-2/h3-10H2,1-2H3,(H,17,23). The first kappa shape index (κ1) is 16.6. The van der Waals surface area contributed by atoms with Crippen LogP contribution in [0.5, 0.6) is 0 Å². The van der Waals surface area contributed by atoms with Gasteiger partial charge in [-0.3, -0.25) is 9.59 Å². The van der Waals surface area contributed by atoms with E-state index in [9.17, 15) is 9.59 Å². The molecule has 0 aromatic carbocycles. The number of hydrogen-bond acceptors (Lipinski definition) is 6. The number of methoxy groups -OCH3 is 1. The largest absolute Gasteiger partial charge is 0.375 e. The van der Waals surface area contributed by atoms with Crippen molar-refractivity contribution >= 4 is 17.6 Å². The van der Waals surface area contributed by atoms with Crippen LogP contribution >= 0.6 is 0 Å². The van der Waals surface area contributed by atoms with Gasteiger partial charge in [-0.15, -0.1) is 0 Å². The van der Waals surface area contributed by atoms with Gasteiger partial charge in [0.25, 0.3) is 5.91 Å². The van der Waals surface area contributed by atoms with E-state index < -0.39 is 0 Å². The molecule has 1 saturated heterocycles. The number of rotatable bonds is 3. The Hall–Kier alpha value is -2.22. The minimum absolute atomic E-state index is 0.0135. The molecule has 0 aliphatic carbocycles. The lowest BCUT2D eigenvalue weighted by molar-refractivity contribution is -0.134. The van der Waals surface area contributed by atoms with Gasteiger partial charge in [0.05, 0.1) is 0 Å². The van der Waals surface area contributed by atoms with E-state index in [1.807, 2.05) is 4.90 Å². The van der Waals surface area contributed by atoms with Crippen LogP contribution in [-0.2, 0) is 16.0 Å². The van der Waals surface area contributed by atoms with Crippen LogP contribution in [0.2, 0.25) is 0 Å². The lowest BCUT2D eigenvalue weighted by atomic mass is 10.1. The zero-order chi connectivity index (χ0) is 17.1. The van der Waals surface area contributed by atoms with E-state index in [1.165, 1.54) is 7.11 Å². The predicted octanol–water partition coefficient (Wildman–Crippen LogP) is -0.244. The van der Waals surface area contributed by atoms with Gasteiger partial charge in [0.2, 0.25) is 5.91 Å². The minimum atomic E-state index is -0.130. The topological polar surface area (TPSA) is 87.7 Å². The van der Waals surface area contributed by atoms with Gasteiger partial charge in [-0.05, 0) is 19.8 Å². The Morgan fingerprint density at radius 1 is 1.25 bits per heavy atom. The third kappa shape index (κ3) is 3.33. The maximum Gasteiger partial charge on any atom is 0.270 e. The second kappa shape index (κ2) is 7.12. The first-order valence-corrected chi connectivity index (χ1v) is 8.27. The van der Waals surface area contributed by atoms with E-state index in [2.05, 4.69) is 20.2 Å². The molecule has 0 saturated carbocycles. The number of nitrogens with one attached hydrogen (secondary N) is 1. The molecule has 1 fully saturated rings. The van der Waals surface area contributed by atoms with Crippen LogP contribution in [0.4, 0.5) is 5.82 Å². The maximum atomic E-state index is 12.1. The molecule has 0 bridgehead atoms. The second-order valence-electron chi connectivity index (χ2n) is 6.08. The molecule has 2 amide bonds. The third-order valence-corrected chi connectivity index (χ3v) is 4.39. The Balaban J connectivity index is 1.82. The number of aromatic nitrogens is 2. The molecule has 130 valence electrons. The lowest BCUT2D eigenvalue weighted by Crippen LogP contribution is -2.39. The van der Waals surface area contributed by atoms with E-state index in [0.29, 0.717) is 37.7 Å². The Bertz CT molecular complexity index is 649. The summed E-state index contributed by atoms with van der Waals surface area (Å²) >= 11 is 0. The molecule has 2 aliphatic rings. The summed E-state index contributed by atoms with van der Waals surface area (Å²) in [7, 11) is 1.53. The van der Waals surface area contributed by atoms with E-state index in [1.54, 1.807) is 6.92 Å². The van der Waals surface area contributed by atoms with Crippen molar-refractivity contribution in [3.05, 3.63) is 17.1 Å². The number of carbonyl (C=O) groups is 2. The molecule has 1 aromatic heterocycles. The van der Waals surface area contributed by atoms with Crippen LogP contribution in [0.15, 0.2) is 0 Å². The molecular weight excluding hydrogens is 310 g/mol. The van der Waals surface area contributed by atoms with Crippen molar-refractivity contribution < 1.29 is 14.3 Å². The average molecular weight is 333 g/mol. The van der Waals surface area contributed by atoms with Gasteiger partial charge < -0.3 is 19.9 Å². The molecule has 8 nitrogen and oxygen atoms in total. The highest BCUT2D eigenvalue weighted by Gasteiger charge is 2.27. The van der Waals surface area contributed by atoms with Gasteiger partial charge in [-0.25, -0.2) is 9.97 Å². The van der Waals surface area contributed by atoms with Crippen molar-refractivity contribution in [2.45, 2.75) is 19.8 Å². The summed E-state index contributed by atoms with van der Waals surface area (Å²) in [6.07, 6.45) is 1.60. The van der Waals surface area contributed by atoms with E-state index >= 15 is 0 Å².